The van der Waals surface area contributed by atoms with Crippen LogP contribution in [0.25, 0.3) is 0 Å². The van der Waals surface area contributed by atoms with Gasteiger partial charge in [-0.15, -0.1) is 0 Å². The van der Waals surface area contributed by atoms with Crippen molar-refractivity contribution in [3.63, 3.8) is 0 Å². The summed E-state index contributed by atoms with van der Waals surface area (Å²) in [6.45, 7) is 4.90. The van der Waals surface area contributed by atoms with Crippen molar-refractivity contribution in [3.05, 3.63) is 64.9 Å². The van der Waals surface area contributed by atoms with Crippen molar-refractivity contribution in [2.45, 2.75) is 13.8 Å². The van der Waals surface area contributed by atoms with E-state index in [1.54, 1.807) is 0 Å². The second kappa shape index (κ2) is 7.53. The Balaban J connectivity index is 1.97. The third-order valence-corrected chi connectivity index (χ3v) is 4.33. The normalized spacial score (nSPS) is 10.5. The predicted octanol–water partition coefficient (Wildman–Crippen LogP) is 5.03. The molecule has 5 nitrogen and oxygen atoms in total. The molecule has 0 saturated carbocycles. The van der Waals surface area contributed by atoms with E-state index in [0.29, 0.717) is 17.3 Å². The van der Waals surface area contributed by atoms with Crippen LogP contribution in [0.4, 0.5) is 28.7 Å². The van der Waals surface area contributed by atoms with E-state index in [0.717, 1.165) is 22.4 Å². The van der Waals surface area contributed by atoms with Crippen molar-refractivity contribution in [2.24, 2.45) is 0 Å². The first kappa shape index (κ1) is 17.2. The molecule has 0 atom stereocenters. The number of halogens is 1. The van der Waals surface area contributed by atoms with E-state index in [4.69, 9.17) is 5.73 Å². The quantitative estimate of drug-likeness (QED) is 0.631. The van der Waals surface area contributed by atoms with Crippen LogP contribution >= 0.6 is 15.9 Å². The summed E-state index contributed by atoms with van der Waals surface area (Å²) in [5.74, 6) is 1.29. The summed E-state index contributed by atoms with van der Waals surface area (Å²) in [4.78, 5) is 10.8. The average Bonchev–Trinajstić information content (AvgIpc) is 2.59. The lowest BCUT2D eigenvalue weighted by Crippen LogP contribution is -2.20. The first-order valence-corrected chi connectivity index (χ1v) is 8.85. The number of nitrogens with two attached hydrogens (primary N) is 1. The topological polar surface area (TPSA) is 67.1 Å². The van der Waals surface area contributed by atoms with Crippen LogP contribution in [0.15, 0.2) is 59.3 Å². The smallest absolute Gasteiger partial charge is 0.161 e. The van der Waals surface area contributed by atoms with Crippen LogP contribution in [0.3, 0.4) is 0 Å². The number of nitrogens with one attached hydrogen (secondary N) is 1. The van der Waals surface area contributed by atoms with Gasteiger partial charge in [0.1, 0.15) is 12.0 Å². The van der Waals surface area contributed by atoms with Crippen LogP contribution < -0.4 is 16.0 Å². The van der Waals surface area contributed by atoms with Crippen LogP contribution in [0, 0.1) is 6.92 Å². The van der Waals surface area contributed by atoms with E-state index in [2.05, 4.69) is 68.2 Å². The molecule has 0 amide bonds. The van der Waals surface area contributed by atoms with Gasteiger partial charge in [-0.25, -0.2) is 9.97 Å². The molecule has 0 aliphatic carbocycles. The minimum atomic E-state index is 0.519. The van der Waals surface area contributed by atoms with Crippen LogP contribution in [-0.4, -0.2) is 16.5 Å². The summed E-state index contributed by atoms with van der Waals surface area (Å²) < 4.78 is 0.986. The SMILES string of the molecule is CCN(c1cccc(C)c1)c1ncnc(Nc2cccc(Br)c2)c1N. The molecule has 25 heavy (non-hydrogen) atoms. The number of aromatic nitrogens is 2. The van der Waals surface area contributed by atoms with Gasteiger partial charge < -0.3 is 16.0 Å². The van der Waals surface area contributed by atoms with E-state index in [1.165, 1.54) is 11.9 Å². The highest BCUT2D eigenvalue weighted by molar-refractivity contribution is 9.10. The van der Waals surface area contributed by atoms with Gasteiger partial charge >= 0.3 is 0 Å². The summed E-state index contributed by atoms with van der Waals surface area (Å²) >= 11 is 3.47. The fourth-order valence-corrected chi connectivity index (χ4v) is 3.05. The number of hydrogen-bond acceptors (Lipinski definition) is 5. The van der Waals surface area contributed by atoms with Gasteiger partial charge in [-0.05, 0) is 49.7 Å². The summed E-state index contributed by atoms with van der Waals surface area (Å²) in [5, 5.41) is 3.26. The van der Waals surface area contributed by atoms with Gasteiger partial charge in [0.2, 0.25) is 0 Å². The number of nitrogens with zero attached hydrogens (tertiary/aromatic N) is 3. The first-order chi connectivity index (χ1) is 12.1. The predicted molar refractivity (Wildman–Crippen MR) is 108 cm³/mol. The molecule has 1 aromatic heterocycles. The lowest BCUT2D eigenvalue weighted by atomic mass is 10.2. The van der Waals surface area contributed by atoms with E-state index in [9.17, 15) is 0 Å². The molecule has 128 valence electrons. The Morgan fingerprint density at radius 2 is 1.92 bits per heavy atom. The second-order valence-electron chi connectivity index (χ2n) is 5.68. The Hall–Kier alpha value is -2.60. The largest absolute Gasteiger partial charge is 0.393 e. The molecule has 1 heterocycles. The summed E-state index contributed by atoms with van der Waals surface area (Å²) in [6.07, 6.45) is 1.53. The maximum Gasteiger partial charge on any atom is 0.161 e. The Labute approximate surface area is 156 Å². The van der Waals surface area contributed by atoms with Crippen molar-refractivity contribution in [1.82, 2.24) is 9.97 Å². The molecule has 2 aromatic carbocycles. The first-order valence-electron chi connectivity index (χ1n) is 8.05. The van der Waals surface area contributed by atoms with Crippen molar-refractivity contribution in [3.8, 4) is 0 Å². The Morgan fingerprint density at radius 3 is 2.64 bits per heavy atom. The summed E-state index contributed by atoms with van der Waals surface area (Å²) in [6, 6.07) is 16.1. The molecule has 0 radical (unpaired) electrons. The summed E-state index contributed by atoms with van der Waals surface area (Å²) in [7, 11) is 0. The monoisotopic (exact) mass is 397 g/mol. The maximum atomic E-state index is 6.38. The zero-order valence-corrected chi connectivity index (χ0v) is 15.8. The molecule has 0 bridgehead atoms. The molecule has 3 aromatic rings. The molecule has 0 aliphatic heterocycles. The minimum Gasteiger partial charge on any atom is -0.393 e. The van der Waals surface area contributed by atoms with Crippen molar-refractivity contribution in [1.29, 1.82) is 0 Å². The van der Waals surface area contributed by atoms with Gasteiger partial charge in [0.25, 0.3) is 0 Å². The molecule has 0 fully saturated rings. The highest BCUT2D eigenvalue weighted by Gasteiger charge is 2.16. The number of anilines is 5. The highest BCUT2D eigenvalue weighted by atomic mass is 79.9. The van der Waals surface area contributed by atoms with Gasteiger partial charge in [0.15, 0.2) is 11.6 Å². The molecule has 3 N–H and O–H groups in total. The minimum absolute atomic E-state index is 0.519. The Kier molecular flexibility index (Phi) is 5.19. The fourth-order valence-electron chi connectivity index (χ4n) is 2.65. The zero-order valence-electron chi connectivity index (χ0n) is 14.2. The molecular formula is C19H20BrN5. The number of aryl methyl sites for hydroxylation is 1. The van der Waals surface area contributed by atoms with Gasteiger partial charge in [-0.2, -0.15) is 0 Å². The van der Waals surface area contributed by atoms with Gasteiger partial charge in [-0.3, -0.25) is 0 Å². The van der Waals surface area contributed by atoms with Crippen LogP contribution in [-0.2, 0) is 0 Å². The van der Waals surface area contributed by atoms with Crippen molar-refractivity contribution in [2.75, 3.05) is 22.5 Å². The van der Waals surface area contributed by atoms with Gasteiger partial charge in [0, 0.05) is 22.4 Å². The maximum absolute atomic E-state index is 6.38. The lowest BCUT2D eigenvalue weighted by Gasteiger charge is -2.24. The molecule has 0 spiro atoms. The van der Waals surface area contributed by atoms with Gasteiger partial charge in [-0.1, -0.05) is 34.1 Å². The number of nitrogen functional groups attached to an aromatic ring is 1. The van der Waals surface area contributed by atoms with Gasteiger partial charge in [0.05, 0.1) is 0 Å². The molecule has 6 heteroatoms. The van der Waals surface area contributed by atoms with E-state index >= 15 is 0 Å². The summed E-state index contributed by atoms with van der Waals surface area (Å²) in [5.41, 5.74) is 10.1. The Bertz CT molecular complexity index is 881. The third-order valence-electron chi connectivity index (χ3n) is 3.84. The Morgan fingerprint density at radius 1 is 1.12 bits per heavy atom. The molecular weight excluding hydrogens is 378 g/mol. The zero-order chi connectivity index (χ0) is 17.8. The molecule has 0 unspecified atom stereocenters. The molecule has 0 saturated heterocycles. The third kappa shape index (κ3) is 3.91. The fraction of sp³-hybridized carbons (Fsp3) is 0.158. The van der Waals surface area contributed by atoms with Crippen LogP contribution in [0.2, 0.25) is 0 Å². The number of hydrogen-bond donors (Lipinski definition) is 2. The molecule has 3 rings (SSSR count). The van der Waals surface area contributed by atoms with Crippen molar-refractivity contribution < 1.29 is 0 Å². The highest BCUT2D eigenvalue weighted by Crippen LogP contribution is 2.33. The van der Waals surface area contributed by atoms with Crippen molar-refractivity contribution >= 4 is 44.6 Å². The molecule has 0 aliphatic rings. The van der Waals surface area contributed by atoms with E-state index in [1.807, 2.05) is 30.3 Å². The number of benzene rings is 2. The van der Waals surface area contributed by atoms with Crippen LogP contribution in [0.5, 0.6) is 0 Å². The lowest BCUT2D eigenvalue weighted by molar-refractivity contribution is 0.979. The van der Waals surface area contributed by atoms with E-state index < -0.39 is 0 Å². The van der Waals surface area contributed by atoms with E-state index in [-0.39, 0.29) is 0 Å². The number of rotatable bonds is 5. The second-order valence-corrected chi connectivity index (χ2v) is 6.59. The van der Waals surface area contributed by atoms with Crippen LogP contribution in [0.1, 0.15) is 12.5 Å². The average molecular weight is 398 g/mol. The standard InChI is InChI=1S/C19H20BrN5/c1-3-25(16-9-4-6-13(2)10-16)19-17(21)18(22-12-23-19)24-15-8-5-7-14(20)11-15/h4-12H,3,21H2,1-2H3,(H,22,23,24).